The summed E-state index contributed by atoms with van der Waals surface area (Å²) in [4.78, 5) is 37.1. The lowest BCUT2D eigenvalue weighted by Gasteiger charge is -2.38. The third-order valence-corrected chi connectivity index (χ3v) is 7.00. The average Bonchev–Trinajstić information content (AvgIpc) is 3.53. The highest BCUT2D eigenvalue weighted by molar-refractivity contribution is 5.94. The number of hydrogen-bond acceptors (Lipinski definition) is 7. The number of alkyl halides is 1. The van der Waals surface area contributed by atoms with E-state index in [0.717, 1.165) is 6.07 Å². The Morgan fingerprint density at radius 2 is 1.95 bits per heavy atom. The van der Waals surface area contributed by atoms with E-state index < -0.39 is 41.7 Å². The van der Waals surface area contributed by atoms with Gasteiger partial charge in [0, 0.05) is 50.2 Å². The van der Waals surface area contributed by atoms with Crippen LogP contribution in [0.15, 0.2) is 47.2 Å². The standard InChI is InChI=1S/C26H27F3N6O3/c27-8-1-11-35-12-5-20(18(15-35)23(36)33-26(6-7-26)25-30-9-2-10-31-25)32-24(37)21-14-22(38-34-21)17-4-3-16(28)13-19(17)29/h2-4,9-10,13-14,18,20H,1,5-8,11-12,15H2,(H,32,37)(H,33,36)/t18-,20-/m0/s1. The highest BCUT2D eigenvalue weighted by Gasteiger charge is 2.50. The summed E-state index contributed by atoms with van der Waals surface area (Å²) in [5, 5.41) is 9.70. The second-order valence-electron chi connectivity index (χ2n) is 9.66. The number of nitrogens with one attached hydrogen (secondary N) is 2. The Morgan fingerprint density at radius 1 is 1.16 bits per heavy atom. The van der Waals surface area contributed by atoms with Crippen LogP contribution in [0.4, 0.5) is 13.2 Å². The van der Waals surface area contributed by atoms with Gasteiger partial charge in [0.05, 0.1) is 23.7 Å². The number of halogens is 3. The van der Waals surface area contributed by atoms with Crippen molar-refractivity contribution in [1.29, 1.82) is 0 Å². The van der Waals surface area contributed by atoms with Gasteiger partial charge in [0.25, 0.3) is 5.91 Å². The molecule has 1 aliphatic heterocycles. The third kappa shape index (κ3) is 5.54. The fourth-order valence-corrected chi connectivity index (χ4v) is 4.79. The van der Waals surface area contributed by atoms with Gasteiger partial charge in [-0.25, -0.2) is 18.7 Å². The smallest absolute Gasteiger partial charge is 0.273 e. The highest BCUT2D eigenvalue weighted by atomic mass is 19.1. The summed E-state index contributed by atoms with van der Waals surface area (Å²) in [7, 11) is 0. The van der Waals surface area contributed by atoms with Gasteiger partial charge in [-0.3, -0.25) is 14.0 Å². The number of carbonyl (C=O) groups is 2. The lowest BCUT2D eigenvalue weighted by atomic mass is 9.90. The van der Waals surface area contributed by atoms with E-state index in [1.54, 1.807) is 18.5 Å². The van der Waals surface area contributed by atoms with Crippen molar-refractivity contribution in [2.24, 2.45) is 5.92 Å². The van der Waals surface area contributed by atoms with Crippen LogP contribution in [0.2, 0.25) is 0 Å². The summed E-state index contributed by atoms with van der Waals surface area (Å²) < 4.78 is 45.3. The molecule has 1 aliphatic carbocycles. The molecule has 0 bridgehead atoms. The molecule has 38 heavy (non-hydrogen) atoms. The van der Waals surface area contributed by atoms with Crippen LogP contribution in [-0.2, 0) is 10.3 Å². The van der Waals surface area contributed by atoms with Crippen molar-refractivity contribution < 1.29 is 27.3 Å². The van der Waals surface area contributed by atoms with Crippen molar-refractivity contribution in [3.05, 3.63) is 65.9 Å². The molecule has 0 radical (unpaired) electrons. The summed E-state index contributed by atoms with van der Waals surface area (Å²) in [6.45, 7) is 0.967. The van der Waals surface area contributed by atoms with Crippen LogP contribution in [0.1, 0.15) is 42.0 Å². The summed E-state index contributed by atoms with van der Waals surface area (Å²) >= 11 is 0. The minimum Gasteiger partial charge on any atom is -0.355 e. The van der Waals surface area contributed by atoms with Gasteiger partial charge in [0.1, 0.15) is 11.6 Å². The van der Waals surface area contributed by atoms with Gasteiger partial charge in [0.15, 0.2) is 17.3 Å². The normalized spacial score (nSPS) is 20.6. The van der Waals surface area contributed by atoms with Crippen LogP contribution < -0.4 is 10.6 Å². The average molecular weight is 529 g/mol. The van der Waals surface area contributed by atoms with Gasteiger partial charge >= 0.3 is 0 Å². The fourth-order valence-electron chi connectivity index (χ4n) is 4.79. The molecular weight excluding hydrogens is 501 g/mol. The molecule has 3 heterocycles. The van der Waals surface area contributed by atoms with Crippen LogP contribution in [0.5, 0.6) is 0 Å². The van der Waals surface area contributed by atoms with Crippen molar-refractivity contribution >= 4 is 11.8 Å². The van der Waals surface area contributed by atoms with Crippen molar-refractivity contribution in [3.63, 3.8) is 0 Å². The van der Waals surface area contributed by atoms with Crippen LogP contribution in [0.25, 0.3) is 11.3 Å². The second-order valence-corrected chi connectivity index (χ2v) is 9.66. The van der Waals surface area contributed by atoms with Gasteiger partial charge in [-0.05, 0) is 43.9 Å². The van der Waals surface area contributed by atoms with Crippen LogP contribution >= 0.6 is 0 Å². The first-order valence-corrected chi connectivity index (χ1v) is 12.5. The molecule has 2 fully saturated rings. The number of likely N-dealkylation sites (tertiary alicyclic amines) is 1. The molecule has 0 spiro atoms. The molecule has 1 saturated carbocycles. The van der Waals surface area contributed by atoms with Gasteiger partial charge in [-0.1, -0.05) is 5.16 Å². The van der Waals surface area contributed by atoms with Crippen molar-refractivity contribution in [2.75, 3.05) is 26.3 Å². The lowest BCUT2D eigenvalue weighted by Crippen LogP contribution is -2.57. The Labute approximate surface area is 216 Å². The third-order valence-electron chi connectivity index (χ3n) is 7.00. The SMILES string of the molecule is O=C(N[C@H]1CCN(CCCF)C[C@@H]1C(=O)NC1(c2ncccn2)CC1)c1cc(-c2ccc(F)cc2F)on1. The molecule has 2 aromatic heterocycles. The largest absolute Gasteiger partial charge is 0.355 e. The summed E-state index contributed by atoms with van der Waals surface area (Å²) in [6, 6.07) is 5.43. The molecule has 2 aliphatic rings. The number of hydrogen-bond donors (Lipinski definition) is 2. The molecule has 3 aromatic rings. The molecule has 5 rings (SSSR count). The van der Waals surface area contributed by atoms with Crippen LogP contribution in [0.3, 0.4) is 0 Å². The van der Waals surface area contributed by atoms with Crippen molar-refractivity contribution in [3.8, 4) is 11.3 Å². The van der Waals surface area contributed by atoms with Crippen molar-refractivity contribution in [1.82, 2.24) is 30.7 Å². The molecule has 9 nitrogen and oxygen atoms in total. The highest BCUT2D eigenvalue weighted by Crippen LogP contribution is 2.44. The first-order valence-electron chi connectivity index (χ1n) is 12.5. The Balaban J connectivity index is 1.31. The Morgan fingerprint density at radius 3 is 2.66 bits per heavy atom. The van der Waals surface area contributed by atoms with E-state index in [9.17, 15) is 22.8 Å². The van der Waals surface area contributed by atoms with E-state index >= 15 is 0 Å². The van der Waals surface area contributed by atoms with Crippen molar-refractivity contribution in [2.45, 2.75) is 37.3 Å². The zero-order valence-corrected chi connectivity index (χ0v) is 20.5. The van der Waals surface area contributed by atoms with Gasteiger partial charge in [-0.2, -0.15) is 0 Å². The molecule has 2 atom stereocenters. The number of amides is 2. The predicted molar refractivity (Wildman–Crippen MR) is 129 cm³/mol. The van der Waals surface area contributed by atoms with Gasteiger partial charge in [-0.15, -0.1) is 0 Å². The lowest BCUT2D eigenvalue weighted by molar-refractivity contribution is -0.128. The maximum absolute atomic E-state index is 14.1. The van der Waals surface area contributed by atoms with E-state index in [4.69, 9.17) is 4.52 Å². The topological polar surface area (TPSA) is 113 Å². The molecule has 1 saturated heterocycles. The molecule has 0 unspecified atom stereocenters. The molecule has 1 aromatic carbocycles. The number of carbonyl (C=O) groups excluding carboxylic acids is 2. The van der Waals surface area contributed by atoms with E-state index in [1.165, 1.54) is 12.1 Å². The van der Waals surface area contributed by atoms with E-state index in [-0.39, 0.29) is 22.9 Å². The first kappa shape index (κ1) is 25.8. The summed E-state index contributed by atoms with van der Waals surface area (Å²) in [5.41, 5.74) is -0.762. The monoisotopic (exact) mass is 528 g/mol. The van der Waals surface area contributed by atoms with E-state index in [0.29, 0.717) is 57.2 Å². The van der Waals surface area contributed by atoms with Crippen LogP contribution in [0, 0.1) is 17.6 Å². The number of rotatable bonds is 9. The van der Waals surface area contributed by atoms with Gasteiger partial charge < -0.3 is 20.1 Å². The molecular formula is C26H27F3N6O3. The quantitative estimate of drug-likeness (QED) is 0.439. The van der Waals surface area contributed by atoms with E-state index in [2.05, 4.69) is 25.8 Å². The summed E-state index contributed by atoms with van der Waals surface area (Å²) in [5.74, 6) is -2.52. The zero-order chi connectivity index (χ0) is 26.7. The maximum atomic E-state index is 14.1. The molecule has 12 heteroatoms. The predicted octanol–water partition coefficient (Wildman–Crippen LogP) is 3.00. The number of aromatic nitrogens is 3. The zero-order valence-electron chi connectivity index (χ0n) is 20.5. The Bertz CT molecular complexity index is 1300. The first-order chi connectivity index (χ1) is 18.4. The minimum absolute atomic E-state index is 0.0264. The summed E-state index contributed by atoms with van der Waals surface area (Å²) in [6.07, 6.45) is 5.48. The second kappa shape index (κ2) is 10.9. The fraction of sp³-hybridized carbons (Fsp3) is 0.423. The molecule has 2 amide bonds. The number of benzene rings is 1. The van der Waals surface area contributed by atoms with E-state index in [1.807, 2.05) is 4.90 Å². The number of nitrogens with zero attached hydrogens (tertiary/aromatic N) is 4. The maximum Gasteiger partial charge on any atom is 0.273 e. The number of piperidine rings is 1. The Kier molecular flexibility index (Phi) is 7.41. The molecule has 2 N–H and O–H groups in total. The van der Waals surface area contributed by atoms with Gasteiger partial charge in [0.2, 0.25) is 5.91 Å². The minimum atomic E-state index is -0.845. The Hall–Kier alpha value is -3.80. The van der Waals surface area contributed by atoms with Crippen LogP contribution in [-0.4, -0.2) is 64.2 Å². The molecule has 200 valence electrons.